The van der Waals surface area contributed by atoms with Gasteiger partial charge in [-0.2, -0.15) is 0 Å². The molecule has 2 rings (SSSR count). The maximum absolute atomic E-state index is 10.8. The lowest BCUT2D eigenvalue weighted by atomic mass is 10.2. The number of aryl methyl sites for hydroxylation is 1. The maximum Gasteiger partial charge on any atom is 0.371 e. The van der Waals surface area contributed by atoms with Crippen molar-refractivity contribution >= 4 is 5.97 Å². The quantitative estimate of drug-likeness (QED) is 0.897. The van der Waals surface area contributed by atoms with Gasteiger partial charge in [-0.25, -0.2) is 4.79 Å². The number of hydrogen-bond acceptors (Lipinski definition) is 4. The van der Waals surface area contributed by atoms with E-state index in [0.717, 1.165) is 5.75 Å². The number of aromatic carboxylic acids is 1. The molecule has 0 aliphatic heterocycles. The van der Waals surface area contributed by atoms with Crippen molar-refractivity contribution in [1.29, 1.82) is 0 Å². The summed E-state index contributed by atoms with van der Waals surface area (Å²) >= 11 is 0. The molecule has 1 heterocycles. The molecule has 100 valence electrons. The van der Waals surface area contributed by atoms with Gasteiger partial charge in [0, 0.05) is 5.56 Å². The van der Waals surface area contributed by atoms with E-state index in [4.69, 9.17) is 19.0 Å². The van der Waals surface area contributed by atoms with Crippen molar-refractivity contribution in [2.75, 3.05) is 7.11 Å². The largest absolute Gasteiger partial charge is 0.497 e. The highest BCUT2D eigenvalue weighted by molar-refractivity contribution is 5.84. The third kappa shape index (κ3) is 3.07. The molecule has 2 aromatic rings. The standard InChI is InChI=1S/C14H14O5/c1-9-10(7-13(19-9)14(15)16)8-18-12-5-3-11(17-2)4-6-12/h3-7H,8H2,1-2H3,(H,15,16). The third-order valence-electron chi connectivity index (χ3n) is 2.69. The summed E-state index contributed by atoms with van der Waals surface area (Å²) in [4.78, 5) is 10.8. The van der Waals surface area contributed by atoms with Crippen molar-refractivity contribution in [3.8, 4) is 11.5 Å². The first-order valence-corrected chi connectivity index (χ1v) is 5.69. The fourth-order valence-electron chi connectivity index (χ4n) is 1.60. The van der Waals surface area contributed by atoms with E-state index in [2.05, 4.69) is 0 Å². The van der Waals surface area contributed by atoms with E-state index < -0.39 is 5.97 Å². The van der Waals surface area contributed by atoms with Crippen LogP contribution in [0.4, 0.5) is 0 Å². The second-order valence-electron chi connectivity index (χ2n) is 3.96. The molecule has 0 spiro atoms. The van der Waals surface area contributed by atoms with Crippen molar-refractivity contribution in [2.45, 2.75) is 13.5 Å². The predicted octanol–water partition coefficient (Wildman–Crippen LogP) is 2.87. The summed E-state index contributed by atoms with van der Waals surface area (Å²) in [6.45, 7) is 1.97. The van der Waals surface area contributed by atoms with E-state index >= 15 is 0 Å². The van der Waals surface area contributed by atoms with Gasteiger partial charge in [-0.15, -0.1) is 0 Å². The molecule has 0 radical (unpaired) electrons. The number of benzene rings is 1. The molecule has 0 aliphatic rings. The van der Waals surface area contributed by atoms with Crippen LogP contribution in [0, 0.1) is 6.92 Å². The minimum atomic E-state index is -1.08. The van der Waals surface area contributed by atoms with Crippen LogP contribution in [0.1, 0.15) is 21.9 Å². The molecule has 0 saturated carbocycles. The highest BCUT2D eigenvalue weighted by atomic mass is 16.5. The SMILES string of the molecule is COc1ccc(OCc2cc(C(=O)O)oc2C)cc1. The number of hydrogen-bond donors (Lipinski definition) is 1. The maximum atomic E-state index is 10.8. The van der Waals surface area contributed by atoms with Gasteiger partial charge >= 0.3 is 5.97 Å². The Morgan fingerprint density at radius 2 is 1.89 bits per heavy atom. The summed E-state index contributed by atoms with van der Waals surface area (Å²) in [5, 5.41) is 8.82. The Hall–Kier alpha value is -2.43. The average molecular weight is 262 g/mol. The lowest BCUT2D eigenvalue weighted by Crippen LogP contribution is -1.96. The molecule has 5 nitrogen and oxygen atoms in total. The number of carboxylic acids is 1. The molecule has 0 atom stereocenters. The minimum Gasteiger partial charge on any atom is -0.497 e. The molecule has 0 bridgehead atoms. The Kier molecular flexibility index (Phi) is 3.75. The summed E-state index contributed by atoms with van der Waals surface area (Å²) in [5.74, 6) is 0.814. The second kappa shape index (κ2) is 5.48. The fraction of sp³-hybridized carbons (Fsp3) is 0.214. The first-order valence-electron chi connectivity index (χ1n) is 5.69. The first kappa shape index (κ1) is 13.0. The molecule has 19 heavy (non-hydrogen) atoms. The van der Waals surface area contributed by atoms with E-state index in [1.54, 1.807) is 38.3 Å². The zero-order valence-corrected chi connectivity index (χ0v) is 10.7. The Bertz CT molecular complexity index is 568. The second-order valence-corrected chi connectivity index (χ2v) is 3.96. The van der Waals surface area contributed by atoms with Crippen LogP contribution in [0.5, 0.6) is 11.5 Å². The van der Waals surface area contributed by atoms with Crippen LogP contribution in [0.15, 0.2) is 34.7 Å². The number of furan rings is 1. The van der Waals surface area contributed by atoms with Crippen molar-refractivity contribution in [3.05, 3.63) is 47.4 Å². The van der Waals surface area contributed by atoms with Gasteiger partial charge in [0.15, 0.2) is 0 Å². The lowest BCUT2D eigenvalue weighted by molar-refractivity contribution is 0.0661. The summed E-state index contributed by atoms with van der Waals surface area (Å²) < 4.78 is 15.7. The minimum absolute atomic E-state index is 0.0779. The van der Waals surface area contributed by atoms with Crippen molar-refractivity contribution in [2.24, 2.45) is 0 Å². The highest BCUT2D eigenvalue weighted by Gasteiger charge is 2.13. The van der Waals surface area contributed by atoms with Gasteiger partial charge in [0.05, 0.1) is 7.11 Å². The van der Waals surface area contributed by atoms with Crippen LogP contribution in [0.25, 0.3) is 0 Å². The number of rotatable bonds is 5. The summed E-state index contributed by atoms with van der Waals surface area (Å²) in [5.41, 5.74) is 0.716. The van der Waals surface area contributed by atoms with Gasteiger partial charge in [0.1, 0.15) is 23.9 Å². The van der Waals surface area contributed by atoms with E-state index in [-0.39, 0.29) is 12.4 Å². The first-order chi connectivity index (χ1) is 9.10. The predicted molar refractivity (Wildman–Crippen MR) is 67.7 cm³/mol. The van der Waals surface area contributed by atoms with Gasteiger partial charge in [-0.1, -0.05) is 0 Å². The fourth-order valence-corrected chi connectivity index (χ4v) is 1.60. The highest BCUT2D eigenvalue weighted by Crippen LogP contribution is 2.20. The van der Waals surface area contributed by atoms with E-state index in [1.807, 2.05) is 0 Å². The molecule has 0 saturated heterocycles. The molecule has 1 aromatic heterocycles. The van der Waals surface area contributed by atoms with Crippen LogP contribution >= 0.6 is 0 Å². The van der Waals surface area contributed by atoms with E-state index in [9.17, 15) is 4.79 Å². The molecule has 0 aliphatic carbocycles. The van der Waals surface area contributed by atoms with Crippen LogP contribution in [0.3, 0.4) is 0 Å². The van der Waals surface area contributed by atoms with Crippen molar-refractivity contribution in [1.82, 2.24) is 0 Å². The Morgan fingerprint density at radius 1 is 1.26 bits per heavy atom. The third-order valence-corrected chi connectivity index (χ3v) is 2.69. The molecule has 1 N–H and O–H groups in total. The Balaban J connectivity index is 2.03. The van der Waals surface area contributed by atoms with Crippen LogP contribution in [-0.4, -0.2) is 18.2 Å². The monoisotopic (exact) mass is 262 g/mol. The van der Waals surface area contributed by atoms with Gasteiger partial charge in [-0.05, 0) is 37.3 Å². The topological polar surface area (TPSA) is 68.9 Å². The molecular weight excluding hydrogens is 248 g/mol. The molecular formula is C14H14O5. The smallest absolute Gasteiger partial charge is 0.371 e. The molecule has 5 heteroatoms. The average Bonchev–Trinajstić information content (AvgIpc) is 2.79. The number of carbonyl (C=O) groups is 1. The van der Waals surface area contributed by atoms with Crippen LogP contribution < -0.4 is 9.47 Å². The van der Waals surface area contributed by atoms with Gasteiger partial charge < -0.3 is 19.0 Å². The number of methoxy groups -OCH3 is 1. The molecule has 0 unspecified atom stereocenters. The molecule has 0 fully saturated rings. The number of carboxylic acid groups (broad SMARTS) is 1. The number of ether oxygens (including phenoxy) is 2. The van der Waals surface area contributed by atoms with Crippen molar-refractivity contribution < 1.29 is 23.8 Å². The van der Waals surface area contributed by atoms with Gasteiger partial charge in [0.2, 0.25) is 5.76 Å². The Morgan fingerprint density at radius 3 is 2.42 bits per heavy atom. The molecule has 1 aromatic carbocycles. The normalized spacial score (nSPS) is 10.2. The summed E-state index contributed by atoms with van der Waals surface area (Å²) in [6, 6.07) is 8.63. The van der Waals surface area contributed by atoms with Crippen LogP contribution in [-0.2, 0) is 6.61 Å². The summed E-state index contributed by atoms with van der Waals surface area (Å²) in [7, 11) is 1.60. The zero-order valence-electron chi connectivity index (χ0n) is 10.7. The van der Waals surface area contributed by atoms with Gasteiger partial charge in [0.25, 0.3) is 0 Å². The van der Waals surface area contributed by atoms with E-state index in [1.165, 1.54) is 6.07 Å². The Labute approximate surface area is 110 Å². The summed E-state index contributed by atoms with van der Waals surface area (Å²) in [6.07, 6.45) is 0. The van der Waals surface area contributed by atoms with Crippen molar-refractivity contribution in [3.63, 3.8) is 0 Å². The molecule has 0 amide bonds. The zero-order chi connectivity index (χ0) is 13.8. The van der Waals surface area contributed by atoms with E-state index in [0.29, 0.717) is 17.1 Å². The van der Waals surface area contributed by atoms with Gasteiger partial charge in [-0.3, -0.25) is 0 Å². The van der Waals surface area contributed by atoms with Crippen LogP contribution in [0.2, 0.25) is 0 Å². The lowest BCUT2D eigenvalue weighted by Gasteiger charge is -2.06.